The molecule has 0 aliphatic rings. The van der Waals surface area contributed by atoms with E-state index in [0.29, 0.717) is 11.4 Å². The lowest BCUT2D eigenvalue weighted by atomic mass is 10.1. The van der Waals surface area contributed by atoms with E-state index >= 15 is 0 Å². The molecular formula is C18H16ClFN2O2S. The Hall–Kier alpha value is -2.15. The highest BCUT2D eigenvalue weighted by atomic mass is 35.5. The molecule has 0 unspecified atom stereocenters. The maximum atomic E-state index is 13.3. The van der Waals surface area contributed by atoms with Gasteiger partial charge in [0.05, 0.1) is 0 Å². The average Bonchev–Trinajstić information content (AvgIpc) is 2.97. The van der Waals surface area contributed by atoms with Gasteiger partial charge in [-0.25, -0.2) is 17.5 Å². The molecule has 0 atom stereocenters. The monoisotopic (exact) mass is 378 g/mol. The largest absolute Gasteiger partial charge is 0.361 e. The number of hydrogen-bond acceptors (Lipinski definition) is 2. The predicted octanol–water partition coefficient (Wildman–Crippen LogP) is 4.09. The van der Waals surface area contributed by atoms with Crippen LogP contribution in [0.1, 0.15) is 11.1 Å². The van der Waals surface area contributed by atoms with E-state index in [1.807, 2.05) is 0 Å². The lowest BCUT2D eigenvalue weighted by molar-refractivity contribution is 0.591. The second-order valence-electron chi connectivity index (χ2n) is 5.55. The summed E-state index contributed by atoms with van der Waals surface area (Å²) in [7, 11) is -3.55. The van der Waals surface area contributed by atoms with Crippen LogP contribution in [0, 0.1) is 5.82 Å². The van der Waals surface area contributed by atoms with E-state index in [4.69, 9.17) is 11.6 Å². The summed E-state index contributed by atoms with van der Waals surface area (Å²) in [6, 6.07) is 11.3. The Labute approximate surface area is 150 Å². The Morgan fingerprint density at radius 1 is 1.16 bits per heavy atom. The highest BCUT2D eigenvalue weighted by Crippen LogP contribution is 2.19. The number of rotatable bonds is 6. The van der Waals surface area contributed by atoms with E-state index in [1.54, 1.807) is 36.5 Å². The first-order valence-electron chi connectivity index (χ1n) is 7.62. The number of aromatic nitrogens is 1. The van der Waals surface area contributed by atoms with Gasteiger partial charge < -0.3 is 4.98 Å². The molecule has 1 aromatic heterocycles. The molecule has 1 heterocycles. The van der Waals surface area contributed by atoms with Gasteiger partial charge in [-0.1, -0.05) is 23.7 Å². The van der Waals surface area contributed by atoms with Crippen LogP contribution in [0.15, 0.2) is 54.1 Å². The number of hydrogen-bond donors (Lipinski definition) is 2. The lowest BCUT2D eigenvalue weighted by Gasteiger charge is -2.03. The van der Waals surface area contributed by atoms with Crippen LogP contribution in [0.3, 0.4) is 0 Å². The summed E-state index contributed by atoms with van der Waals surface area (Å²) in [5.74, 6) is -0.320. The van der Waals surface area contributed by atoms with E-state index in [2.05, 4.69) is 9.71 Å². The fourth-order valence-corrected chi connectivity index (χ4v) is 3.42. The molecule has 0 spiro atoms. The van der Waals surface area contributed by atoms with Crippen molar-refractivity contribution in [3.63, 3.8) is 0 Å². The van der Waals surface area contributed by atoms with Crippen LogP contribution in [-0.2, 0) is 16.4 Å². The van der Waals surface area contributed by atoms with Gasteiger partial charge in [-0.15, -0.1) is 0 Å². The molecule has 25 heavy (non-hydrogen) atoms. The Balaban J connectivity index is 1.62. The normalized spacial score (nSPS) is 12.2. The smallest absolute Gasteiger partial charge is 0.233 e. The Morgan fingerprint density at radius 3 is 2.68 bits per heavy atom. The van der Waals surface area contributed by atoms with Crippen molar-refractivity contribution in [2.75, 3.05) is 6.54 Å². The first-order chi connectivity index (χ1) is 11.9. The first kappa shape index (κ1) is 17.7. The zero-order valence-corrected chi connectivity index (χ0v) is 14.7. The average molecular weight is 379 g/mol. The third kappa shape index (κ3) is 4.69. The number of fused-ring (bicyclic) bond motifs is 1. The van der Waals surface area contributed by atoms with E-state index < -0.39 is 10.0 Å². The summed E-state index contributed by atoms with van der Waals surface area (Å²) < 4.78 is 39.9. The maximum Gasteiger partial charge on any atom is 0.233 e. The molecule has 7 heteroatoms. The number of H-pyrrole nitrogens is 1. The molecule has 0 radical (unpaired) electrons. The highest BCUT2D eigenvalue weighted by molar-refractivity contribution is 7.92. The number of aromatic amines is 1. The van der Waals surface area contributed by atoms with Gasteiger partial charge in [0, 0.05) is 34.1 Å². The topological polar surface area (TPSA) is 62.0 Å². The van der Waals surface area contributed by atoms with Crippen molar-refractivity contribution in [3.05, 3.63) is 76.0 Å². The van der Waals surface area contributed by atoms with Crippen molar-refractivity contribution in [1.82, 2.24) is 9.71 Å². The fraction of sp³-hybridized carbons (Fsp3) is 0.111. The molecule has 2 aromatic carbocycles. The van der Waals surface area contributed by atoms with Crippen molar-refractivity contribution in [2.45, 2.75) is 6.42 Å². The number of benzene rings is 2. The second kappa shape index (κ2) is 7.39. The summed E-state index contributed by atoms with van der Waals surface area (Å²) in [5, 5.41) is 2.47. The summed E-state index contributed by atoms with van der Waals surface area (Å²) in [4.78, 5) is 3.05. The zero-order valence-electron chi connectivity index (χ0n) is 13.2. The van der Waals surface area contributed by atoms with Gasteiger partial charge in [0.25, 0.3) is 0 Å². The third-order valence-electron chi connectivity index (χ3n) is 3.74. The zero-order chi connectivity index (χ0) is 17.9. The Morgan fingerprint density at radius 2 is 1.92 bits per heavy atom. The van der Waals surface area contributed by atoms with Crippen LogP contribution in [0.2, 0.25) is 5.02 Å². The molecule has 0 fully saturated rings. The van der Waals surface area contributed by atoms with Crippen molar-refractivity contribution in [3.8, 4) is 0 Å². The minimum Gasteiger partial charge on any atom is -0.361 e. The number of nitrogens with one attached hydrogen (secondary N) is 2. The van der Waals surface area contributed by atoms with Crippen molar-refractivity contribution in [1.29, 1.82) is 0 Å². The first-order valence-corrected chi connectivity index (χ1v) is 9.54. The maximum absolute atomic E-state index is 13.3. The predicted molar refractivity (Wildman–Crippen MR) is 99.4 cm³/mol. The number of halogens is 2. The van der Waals surface area contributed by atoms with Crippen LogP contribution >= 0.6 is 11.6 Å². The Kier molecular flexibility index (Phi) is 5.22. The molecule has 3 aromatic rings. The van der Waals surface area contributed by atoms with Gasteiger partial charge >= 0.3 is 0 Å². The van der Waals surface area contributed by atoms with Gasteiger partial charge in [-0.05, 0) is 54.0 Å². The lowest BCUT2D eigenvalue weighted by Crippen LogP contribution is -2.23. The standard InChI is InChI=1S/C18H16ClFN2O2S/c19-15-3-1-13(2-4-15)8-10-25(23,24)22-9-7-14-12-21-18-6-5-16(20)11-17(14)18/h1-6,8,10-12,21-22H,7,9H2. The summed E-state index contributed by atoms with van der Waals surface area (Å²) in [5.41, 5.74) is 2.42. The molecule has 0 aliphatic carbocycles. The van der Waals surface area contributed by atoms with E-state index in [0.717, 1.165) is 27.4 Å². The third-order valence-corrected chi connectivity index (χ3v) is 5.09. The summed E-state index contributed by atoms with van der Waals surface area (Å²) in [6.07, 6.45) is 3.72. The van der Waals surface area contributed by atoms with Gasteiger partial charge in [0.15, 0.2) is 0 Å². The van der Waals surface area contributed by atoms with Crippen LogP contribution in [-0.4, -0.2) is 19.9 Å². The molecule has 2 N–H and O–H groups in total. The molecule has 0 aliphatic heterocycles. The molecule has 3 rings (SSSR count). The molecule has 0 saturated heterocycles. The highest BCUT2D eigenvalue weighted by Gasteiger charge is 2.08. The second-order valence-corrected chi connectivity index (χ2v) is 7.63. The van der Waals surface area contributed by atoms with E-state index in [-0.39, 0.29) is 12.4 Å². The van der Waals surface area contributed by atoms with E-state index in [1.165, 1.54) is 18.2 Å². The quantitative estimate of drug-likeness (QED) is 0.678. The van der Waals surface area contributed by atoms with Crippen molar-refractivity contribution >= 4 is 38.6 Å². The molecule has 130 valence electrons. The van der Waals surface area contributed by atoms with Crippen LogP contribution in [0.25, 0.3) is 17.0 Å². The molecule has 0 amide bonds. The summed E-state index contributed by atoms with van der Waals surface area (Å²) in [6.45, 7) is 0.219. The van der Waals surface area contributed by atoms with Gasteiger partial charge in [-0.2, -0.15) is 0 Å². The van der Waals surface area contributed by atoms with Crippen molar-refractivity contribution in [2.24, 2.45) is 0 Å². The molecule has 4 nitrogen and oxygen atoms in total. The van der Waals surface area contributed by atoms with Crippen LogP contribution in [0.4, 0.5) is 4.39 Å². The molecule has 0 bridgehead atoms. The van der Waals surface area contributed by atoms with Crippen LogP contribution < -0.4 is 4.72 Å². The van der Waals surface area contributed by atoms with E-state index in [9.17, 15) is 12.8 Å². The minimum absolute atomic E-state index is 0.219. The SMILES string of the molecule is O=S(=O)(C=Cc1ccc(Cl)cc1)NCCc1c[nH]c2ccc(F)cc12. The van der Waals surface area contributed by atoms with Crippen molar-refractivity contribution < 1.29 is 12.8 Å². The van der Waals surface area contributed by atoms with Gasteiger partial charge in [0.1, 0.15) is 5.82 Å². The molecular weight excluding hydrogens is 363 g/mol. The molecule has 0 saturated carbocycles. The van der Waals surface area contributed by atoms with Gasteiger partial charge in [0.2, 0.25) is 10.0 Å². The van der Waals surface area contributed by atoms with Crippen LogP contribution in [0.5, 0.6) is 0 Å². The number of sulfonamides is 1. The Bertz CT molecular complexity index is 1010. The van der Waals surface area contributed by atoms with Gasteiger partial charge in [-0.3, -0.25) is 0 Å². The minimum atomic E-state index is -3.55. The summed E-state index contributed by atoms with van der Waals surface area (Å²) >= 11 is 5.79. The fourth-order valence-electron chi connectivity index (χ4n) is 2.48.